The third-order valence-corrected chi connectivity index (χ3v) is 3.48. The molecule has 1 aromatic heterocycles. The lowest BCUT2D eigenvalue weighted by Crippen LogP contribution is -2.31. The fraction of sp³-hybridized carbons (Fsp3) is 0.357. The second-order valence-corrected chi connectivity index (χ2v) is 4.94. The molecular formula is C14H16N2O. The van der Waals surface area contributed by atoms with Crippen molar-refractivity contribution in [2.45, 2.75) is 26.2 Å². The fourth-order valence-electron chi connectivity index (χ4n) is 2.47. The molecule has 3 rings (SSSR count). The molecule has 88 valence electrons. The minimum Gasteiger partial charge on any atom is -0.350 e. The maximum Gasteiger partial charge on any atom is 0.268 e. The average molecular weight is 228 g/mol. The normalized spacial score (nSPS) is 15.1. The molecular weight excluding hydrogens is 212 g/mol. The second-order valence-electron chi connectivity index (χ2n) is 4.94. The van der Waals surface area contributed by atoms with Crippen molar-refractivity contribution >= 4 is 16.8 Å². The molecule has 1 aliphatic rings. The van der Waals surface area contributed by atoms with E-state index in [0.717, 1.165) is 24.2 Å². The maximum atomic E-state index is 11.7. The predicted molar refractivity (Wildman–Crippen MR) is 68.4 cm³/mol. The SMILES string of the molecule is CC(C)c1ccc2[nH]c3c(c2c1)CCNC3=O. The van der Waals surface area contributed by atoms with Crippen LogP contribution >= 0.6 is 0 Å². The van der Waals surface area contributed by atoms with Crippen LogP contribution in [-0.4, -0.2) is 17.4 Å². The van der Waals surface area contributed by atoms with Crippen LogP contribution in [0.4, 0.5) is 0 Å². The Morgan fingerprint density at radius 3 is 2.88 bits per heavy atom. The molecule has 2 aromatic rings. The molecule has 2 heterocycles. The van der Waals surface area contributed by atoms with Gasteiger partial charge >= 0.3 is 0 Å². The topological polar surface area (TPSA) is 44.9 Å². The Labute approximate surface area is 100 Å². The van der Waals surface area contributed by atoms with E-state index in [2.05, 4.69) is 42.3 Å². The minimum absolute atomic E-state index is 0.0218. The summed E-state index contributed by atoms with van der Waals surface area (Å²) >= 11 is 0. The van der Waals surface area contributed by atoms with Crippen molar-refractivity contribution in [2.75, 3.05) is 6.54 Å². The number of aromatic amines is 1. The Balaban J connectivity index is 2.25. The van der Waals surface area contributed by atoms with Gasteiger partial charge in [-0.1, -0.05) is 19.9 Å². The van der Waals surface area contributed by atoms with Gasteiger partial charge in [0.2, 0.25) is 0 Å². The number of fused-ring (bicyclic) bond motifs is 3. The highest BCUT2D eigenvalue weighted by molar-refractivity contribution is 6.02. The lowest BCUT2D eigenvalue weighted by molar-refractivity contribution is 0.0942. The summed E-state index contributed by atoms with van der Waals surface area (Å²) in [7, 11) is 0. The van der Waals surface area contributed by atoms with Gasteiger partial charge in [0.15, 0.2) is 0 Å². The third kappa shape index (κ3) is 1.54. The van der Waals surface area contributed by atoms with Crippen LogP contribution in [-0.2, 0) is 6.42 Å². The molecule has 0 atom stereocenters. The number of carbonyl (C=O) groups is 1. The Morgan fingerprint density at radius 1 is 1.29 bits per heavy atom. The highest BCUT2D eigenvalue weighted by Gasteiger charge is 2.21. The van der Waals surface area contributed by atoms with Crippen LogP contribution in [0.3, 0.4) is 0 Å². The van der Waals surface area contributed by atoms with Gasteiger partial charge in [0, 0.05) is 17.4 Å². The van der Waals surface area contributed by atoms with Crippen molar-refractivity contribution in [1.29, 1.82) is 0 Å². The molecule has 0 radical (unpaired) electrons. The van der Waals surface area contributed by atoms with Crippen molar-refractivity contribution in [3.63, 3.8) is 0 Å². The maximum absolute atomic E-state index is 11.7. The van der Waals surface area contributed by atoms with Gasteiger partial charge in [-0.2, -0.15) is 0 Å². The molecule has 0 fully saturated rings. The van der Waals surface area contributed by atoms with Gasteiger partial charge in [-0.3, -0.25) is 4.79 Å². The van der Waals surface area contributed by atoms with Gasteiger partial charge in [0.25, 0.3) is 5.91 Å². The average Bonchev–Trinajstić information content (AvgIpc) is 2.68. The summed E-state index contributed by atoms with van der Waals surface area (Å²) in [5.74, 6) is 0.538. The summed E-state index contributed by atoms with van der Waals surface area (Å²) in [6.45, 7) is 5.12. The molecule has 3 heteroatoms. The smallest absolute Gasteiger partial charge is 0.268 e. The predicted octanol–water partition coefficient (Wildman–Crippen LogP) is 2.58. The largest absolute Gasteiger partial charge is 0.350 e. The van der Waals surface area contributed by atoms with E-state index < -0.39 is 0 Å². The molecule has 1 aromatic carbocycles. The van der Waals surface area contributed by atoms with Crippen LogP contribution in [0.1, 0.15) is 41.4 Å². The Morgan fingerprint density at radius 2 is 2.12 bits per heavy atom. The van der Waals surface area contributed by atoms with E-state index >= 15 is 0 Å². The monoisotopic (exact) mass is 228 g/mol. The molecule has 2 N–H and O–H groups in total. The van der Waals surface area contributed by atoms with E-state index in [0.29, 0.717) is 5.92 Å². The lowest BCUT2D eigenvalue weighted by atomic mass is 9.98. The number of aromatic nitrogens is 1. The molecule has 0 bridgehead atoms. The summed E-state index contributed by atoms with van der Waals surface area (Å²) in [6.07, 6.45) is 0.919. The van der Waals surface area contributed by atoms with Crippen LogP contribution in [0.5, 0.6) is 0 Å². The highest BCUT2D eigenvalue weighted by atomic mass is 16.1. The number of nitrogens with one attached hydrogen (secondary N) is 2. The molecule has 1 aliphatic heterocycles. The Bertz CT molecular complexity index is 596. The van der Waals surface area contributed by atoms with Crippen LogP contribution in [0.15, 0.2) is 18.2 Å². The zero-order valence-corrected chi connectivity index (χ0v) is 10.1. The molecule has 0 aliphatic carbocycles. The zero-order valence-electron chi connectivity index (χ0n) is 10.1. The first-order valence-electron chi connectivity index (χ1n) is 6.09. The van der Waals surface area contributed by atoms with Crippen LogP contribution in [0, 0.1) is 0 Å². The number of hydrogen-bond acceptors (Lipinski definition) is 1. The van der Waals surface area contributed by atoms with E-state index in [1.54, 1.807) is 0 Å². The van der Waals surface area contributed by atoms with Crippen molar-refractivity contribution in [2.24, 2.45) is 0 Å². The number of rotatable bonds is 1. The number of H-pyrrole nitrogens is 1. The van der Waals surface area contributed by atoms with E-state index in [1.165, 1.54) is 16.5 Å². The fourth-order valence-corrected chi connectivity index (χ4v) is 2.47. The van der Waals surface area contributed by atoms with E-state index in [4.69, 9.17) is 0 Å². The zero-order chi connectivity index (χ0) is 12.0. The number of amides is 1. The summed E-state index contributed by atoms with van der Waals surface area (Å²) in [6, 6.07) is 6.43. The van der Waals surface area contributed by atoms with Crippen molar-refractivity contribution in [1.82, 2.24) is 10.3 Å². The van der Waals surface area contributed by atoms with Gasteiger partial charge in [0.1, 0.15) is 5.69 Å². The Hall–Kier alpha value is -1.77. The molecule has 1 amide bonds. The van der Waals surface area contributed by atoms with Crippen molar-refractivity contribution < 1.29 is 4.79 Å². The first kappa shape index (κ1) is 10.4. The number of carbonyl (C=O) groups excluding carboxylic acids is 1. The molecule has 0 unspecified atom stereocenters. The van der Waals surface area contributed by atoms with E-state index in [-0.39, 0.29) is 5.91 Å². The van der Waals surface area contributed by atoms with Gasteiger partial charge in [0.05, 0.1) is 0 Å². The standard InChI is InChI=1S/C14H16N2O/c1-8(2)9-3-4-12-11(7-9)10-5-6-15-14(17)13(10)16-12/h3-4,7-8,16H,5-6H2,1-2H3,(H,15,17). The first-order valence-corrected chi connectivity index (χ1v) is 6.09. The molecule has 17 heavy (non-hydrogen) atoms. The molecule has 3 nitrogen and oxygen atoms in total. The van der Waals surface area contributed by atoms with E-state index in [1.807, 2.05) is 0 Å². The summed E-state index contributed by atoms with van der Waals surface area (Å²) < 4.78 is 0. The number of hydrogen-bond donors (Lipinski definition) is 2. The van der Waals surface area contributed by atoms with Crippen molar-refractivity contribution in [3.8, 4) is 0 Å². The Kier molecular flexibility index (Phi) is 2.21. The second kappa shape index (κ2) is 3.62. The van der Waals surface area contributed by atoms with Gasteiger partial charge in [-0.25, -0.2) is 0 Å². The minimum atomic E-state index is 0.0218. The first-order chi connectivity index (χ1) is 8.16. The van der Waals surface area contributed by atoms with Gasteiger partial charge in [-0.05, 0) is 35.6 Å². The highest BCUT2D eigenvalue weighted by Crippen LogP contribution is 2.28. The van der Waals surface area contributed by atoms with Crippen LogP contribution < -0.4 is 5.32 Å². The van der Waals surface area contributed by atoms with Crippen LogP contribution in [0.25, 0.3) is 10.9 Å². The number of benzene rings is 1. The quantitative estimate of drug-likeness (QED) is 0.774. The van der Waals surface area contributed by atoms with Gasteiger partial charge in [-0.15, -0.1) is 0 Å². The van der Waals surface area contributed by atoms with Crippen LogP contribution in [0.2, 0.25) is 0 Å². The molecule has 0 saturated carbocycles. The summed E-state index contributed by atoms with van der Waals surface area (Å²) in [5, 5.41) is 4.08. The van der Waals surface area contributed by atoms with E-state index in [9.17, 15) is 4.79 Å². The lowest BCUT2D eigenvalue weighted by Gasteiger charge is -2.12. The summed E-state index contributed by atoms with van der Waals surface area (Å²) in [4.78, 5) is 15.0. The third-order valence-electron chi connectivity index (χ3n) is 3.48. The summed E-state index contributed by atoms with van der Waals surface area (Å²) in [5.41, 5.74) is 4.31. The van der Waals surface area contributed by atoms with Crippen molar-refractivity contribution in [3.05, 3.63) is 35.0 Å². The molecule has 0 saturated heterocycles. The van der Waals surface area contributed by atoms with Gasteiger partial charge < -0.3 is 10.3 Å². The molecule has 0 spiro atoms.